The van der Waals surface area contributed by atoms with Crippen molar-refractivity contribution in [2.45, 2.75) is 44.5 Å². The summed E-state index contributed by atoms with van der Waals surface area (Å²) in [4.78, 5) is 0. The van der Waals surface area contributed by atoms with Crippen molar-refractivity contribution in [2.24, 2.45) is 11.8 Å². The highest BCUT2D eigenvalue weighted by molar-refractivity contribution is 4.94. The summed E-state index contributed by atoms with van der Waals surface area (Å²) < 4.78 is 0. The molecule has 14 heavy (non-hydrogen) atoms. The Morgan fingerprint density at radius 1 is 1.36 bits per heavy atom. The number of aliphatic hydroxyl groups is 4. The molecule has 0 aliphatic heterocycles. The van der Waals surface area contributed by atoms with Crippen LogP contribution in [0.2, 0.25) is 0 Å². The van der Waals surface area contributed by atoms with E-state index in [1.165, 1.54) is 6.92 Å². The highest BCUT2D eigenvalue weighted by atomic mass is 16.5. The van der Waals surface area contributed by atoms with E-state index in [1.54, 1.807) is 0 Å². The zero-order valence-corrected chi connectivity index (χ0v) is 8.77. The van der Waals surface area contributed by atoms with Crippen molar-refractivity contribution < 1.29 is 20.4 Å². The molecule has 1 aliphatic carbocycles. The van der Waals surface area contributed by atoms with Gasteiger partial charge in [-0.05, 0) is 25.7 Å². The lowest BCUT2D eigenvalue weighted by Crippen LogP contribution is -2.55. The monoisotopic (exact) mass is 204 g/mol. The molecule has 0 aromatic rings. The third-order valence-electron chi connectivity index (χ3n) is 3.23. The van der Waals surface area contributed by atoms with Gasteiger partial charge >= 0.3 is 0 Å². The van der Waals surface area contributed by atoms with E-state index in [-0.39, 0.29) is 12.3 Å². The minimum Gasteiger partial charge on any atom is -0.393 e. The summed E-state index contributed by atoms with van der Waals surface area (Å²) in [5.41, 5.74) is -1.41. The van der Waals surface area contributed by atoms with E-state index in [0.29, 0.717) is 6.42 Å². The Balaban J connectivity index is 2.79. The average molecular weight is 204 g/mol. The zero-order chi connectivity index (χ0) is 11.0. The van der Waals surface area contributed by atoms with Crippen LogP contribution in [0.3, 0.4) is 0 Å². The Bertz CT molecular complexity index is 200. The number of hydrogen-bond donors (Lipinski definition) is 4. The average Bonchev–Trinajstić information content (AvgIpc) is 2.01. The van der Waals surface area contributed by atoms with Gasteiger partial charge in [-0.25, -0.2) is 0 Å². The van der Waals surface area contributed by atoms with Crippen LogP contribution in [0.1, 0.15) is 33.1 Å². The molecule has 0 amide bonds. The molecule has 4 N–H and O–H groups in total. The first-order valence-corrected chi connectivity index (χ1v) is 5.07. The van der Waals surface area contributed by atoms with Crippen molar-refractivity contribution in [3.63, 3.8) is 0 Å². The minimum atomic E-state index is -1.86. The second kappa shape index (κ2) is 3.77. The van der Waals surface area contributed by atoms with Gasteiger partial charge in [-0.2, -0.15) is 0 Å². The molecule has 0 aromatic heterocycles. The van der Waals surface area contributed by atoms with E-state index in [2.05, 4.69) is 0 Å². The molecule has 84 valence electrons. The summed E-state index contributed by atoms with van der Waals surface area (Å²) in [5, 5.41) is 38.3. The van der Waals surface area contributed by atoms with Crippen molar-refractivity contribution >= 4 is 0 Å². The molecule has 1 saturated carbocycles. The summed E-state index contributed by atoms with van der Waals surface area (Å²) in [6, 6.07) is 0. The molecule has 1 rings (SSSR count). The van der Waals surface area contributed by atoms with Crippen LogP contribution in [-0.4, -0.2) is 38.4 Å². The van der Waals surface area contributed by atoms with Gasteiger partial charge in [-0.3, -0.25) is 0 Å². The molecular formula is C10H20O4. The van der Waals surface area contributed by atoms with E-state index in [0.717, 1.165) is 6.42 Å². The van der Waals surface area contributed by atoms with Crippen molar-refractivity contribution in [2.75, 3.05) is 6.61 Å². The zero-order valence-electron chi connectivity index (χ0n) is 8.77. The maximum absolute atomic E-state index is 9.80. The first-order chi connectivity index (χ1) is 6.29. The van der Waals surface area contributed by atoms with Crippen LogP contribution in [0.5, 0.6) is 0 Å². The maximum Gasteiger partial charge on any atom is 0.168 e. The Morgan fingerprint density at radius 2 is 1.93 bits per heavy atom. The molecule has 4 heteroatoms. The van der Waals surface area contributed by atoms with Crippen LogP contribution in [0.15, 0.2) is 0 Å². The summed E-state index contributed by atoms with van der Waals surface area (Å²) >= 11 is 0. The van der Waals surface area contributed by atoms with Crippen LogP contribution < -0.4 is 0 Å². The molecular weight excluding hydrogens is 184 g/mol. The molecule has 0 heterocycles. The Labute approximate surface area is 84.2 Å². The highest BCUT2D eigenvalue weighted by Gasteiger charge is 2.48. The Hall–Kier alpha value is -0.160. The van der Waals surface area contributed by atoms with E-state index in [1.807, 2.05) is 6.92 Å². The van der Waals surface area contributed by atoms with Gasteiger partial charge in [0, 0.05) is 12.3 Å². The van der Waals surface area contributed by atoms with Gasteiger partial charge in [0.1, 0.15) is 0 Å². The smallest absolute Gasteiger partial charge is 0.168 e. The van der Waals surface area contributed by atoms with Crippen molar-refractivity contribution in [3.8, 4) is 0 Å². The summed E-state index contributed by atoms with van der Waals surface area (Å²) in [5.74, 6) is -2.28. The first kappa shape index (κ1) is 11.9. The molecule has 3 atom stereocenters. The van der Waals surface area contributed by atoms with Crippen LogP contribution in [0.25, 0.3) is 0 Å². The molecule has 0 bridgehead atoms. The molecule has 1 aliphatic rings. The van der Waals surface area contributed by atoms with Gasteiger partial charge in [-0.15, -0.1) is 0 Å². The third-order valence-corrected chi connectivity index (χ3v) is 3.23. The Kier molecular flexibility index (Phi) is 3.21. The highest BCUT2D eigenvalue weighted by Crippen LogP contribution is 2.40. The van der Waals surface area contributed by atoms with E-state index in [9.17, 15) is 15.3 Å². The van der Waals surface area contributed by atoms with Gasteiger partial charge in [0.05, 0.1) is 12.2 Å². The van der Waals surface area contributed by atoms with Crippen molar-refractivity contribution in [1.29, 1.82) is 0 Å². The van der Waals surface area contributed by atoms with Crippen LogP contribution in [0.4, 0.5) is 0 Å². The number of hydrogen-bond acceptors (Lipinski definition) is 4. The van der Waals surface area contributed by atoms with Gasteiger partial charge in [0.15, 0.2) is 5.79 Å². The normalized spacial score (nSPS) is 36.4. The van der Waals surface area contributed by atoms with Crippen LogP contribution in [-0.2, 0) is 0 Å². The topological polar surface area (TPSA) is 80.9 Å². The molecule has 3 unspecified atom stereocenters. The van der Waals surface area contributed by atoms with Crippen LogP contribution in [0, 0.1) is 11.8 Å². The molecule has 0 aromatic carbocycles. The lowest BCUT2D eigenvalue weighted by molar-refractivity contribution is -0.267. The first-order valence-electron chi connectivity index (χ1n) is 5.07. The summed E-state index contributed by atoms with van der Waals surface area (Å²) in [6.45, 7) is 2.94. The minimum absolute atomic E-state index is 0.246. The van der Waals surface area contributed by atoms with Gasteiger partial charge in [-0.1, -0.05) is 6.92 Å². The predicted molar refractivity (Wildman–Crippen MR) is 51.4 cm³/mol. The molecule has 4 nitrogen and oxygen atoms in total. The van der Waals surface area contributed by atoms with Gasteiger partial charge in [0.25, 0.3) is 0 Å². The SMILES string of the molecule is CC1CCC(C(C)(O)CO)C(O)(O)C1. The second-order valence-corrected chi connectivity index (χ2v) is 4.83. The second-order valence-electron chi connectivity index (χ2n) is 4.83. The predicted octanol–water partition coefficient (Wildman–Crippen LogP) is -0.153. The number of aliphatic hydroxyl groups excluding tert-OH is 1. The Morgan fingerprint density at radius 3 is 2.36 bits per heavy atom. The standard InChI is InChI=1S/C10H20O4/c1-7-3-4-8(9(2,12)6-11)10(13,14)5-7/h7-8,11-14H,3-6H2,1-2H3. The molecule has 0 radical (unpaired) electrons. The lowest BCUT2D eigenvalue weighted by atomic mass is 9.71. The molecule has 0 saturated heterocycles. The van der Waals surface area contributed by atoms with Crippen LogP contribution >= 0.6 is 0 Å². The van der Waals surface area contributed by atoms with Gasteiger partial charge < -0.3 is 20.4 Å². The molecule has 1 fully saturated rings. The lowest BCUT2D eigenvalue weighted by Gasteiger charge is -2.44. The van der Waals surface area contributed by atoms with E-state index in [4.69, 9.17) is 5.11 Å². The van der Waals surface area contributed by atoms with Crippen molar-refractivity contribution in [1.82, 2.24) is 0 Å². The summed E-state index contributed by atoms with van der Waals surface area (Å²) in [6.07, 6.45) is 1.64. The van der Waals surface area contributed by atoms with E-state index < -0.39 is 23.9 Å². The number of rotatable bonds is 2. The quantitative estimate of drug-likeness (QED) is 0.471. The molecule has 0 spiro atoms. The van der Waals surface area contributed by atoms with Crippen molar-refractivity contribution in [3.05, 3.63) is 0 Å². The summed E-state index contributed by atoms with van der Waals surface area (Å²) in [7, 11) is 0. The fourth-order valence-corrected chi connectivity index (χ4v) is 2.36. The van der Waals surface area contributed by atoms with E-state index >= 15 is 0 Å². The maximum atomic E-state index is 9.80. The fourth-order valence-electron chi connectivity index (χ4n) is 2.36. The fraction of sp³-hybridized carbons (Fsp3) is 1.00. The van der Waals surface area contributed by atoms with Gasteiger partial charge in [0.2, 0.25) is 0 Å². The largest absolute Gasteiger partial charge is 0.393 e. The third kappa shape index (κ3) is 2.25.